The van der Waals surface area contributed by atoms with E-state index >= 15 is 0 Å². The zero-order chi connectivity index (χ0) is 80.3. The Hall–Kier alpha value is -6.10. The van der Waals surface area contributed by atoms with Crippen molar-refractivity contribution < 1.29 is 80.2 Å². The fourth-order valence-electron chi connectivity index (χ4n) is 10.3. The highest BCUT2D eigenvalue weighted by Crippen LogP contribution is 2.45. The van der Waals surface area contributed by atoms with Gasteiger partial charge in [0.1, 0.15) is 19.3 Å². The first-order valence-corrected chi connectivity index (χ1v) is 44.7. The Bertz CT molecular complexity index is 2850. The van der Waals surface area contributed by atoms with Crippen molar-refractivity contribution in [2.75, 3.05) is 39.6 Å². The van der Waals surface area contributed by atoms with Crippen LogP contribution in [-0.2, 0) is 65.4 Å². The first kappa shape index (κ1) is 104. The summed E-state index contributed by atoms with van der Waals surface area (Å²) in [5.74, 6) is -2.34. The van der Waals surface area contributed by atoms with Crippen LogP contribution < -0.4 is 0 Å². The van der Waals surface area contributed by atoms with E-state index in [0.29, 0.717) is 38.5 Å². The van der Waals surface area contributed by atoms with E-state index in [-0.39, 0.29) is 25.7 Å². The molecule has 0 spiro atoms. The van der Waals surface area contributed by atoms with E-state index in [2.05, 4.69) is 210 Å². The van der Waals surface area contributed by atoms with Crippen LogP contribution in [-0.4, -0.2) is 96.7 Å². The molecule has 0 bridgehead atoms. The van der Waals surface area contributed by atoms with Crippen molar-refractivity contribution in [2.45, 2.75) is 316 Å². The normalized spacial score (nSPS) is 14.8. The molecule has 0 saturated heterocycles. The number of carbonyl (C=O) groups excluding carboxylic acids is 4. The van der Waals surface area contributed by atoms with Crippen molar-refractivity contribution in [3.05, 3.63) is 194 Å². The van der Waals surface area contributed by atoms with E-state index in [1.54, 1.807) is 0 Å². The van der Waals surface area contributed by atoms with Gasteiger partial charge in [0.15, 0.2) is 12.2 Å². The molecule has 0 rings (SSSR count). The lowest BCUT2D eigenvalue weighted by Gasteiger charge is -2.21. The zero-order valence-electron chi connectivity index (χ0n) is 68.1. The molecule has 19 heteroatoms. The maximum absolute atomic E-state index is 13.1. The van der Waals surface area contributed by atoms with Gasteiger partial charge in [-0.05, 0) is 180 Å². The van der Waals surface area contributed by atoms with E-state index in [0.717, 1.165) is 186 Å². The SMILES string of the molecule is CC/C=C\C/C=C\C/C=C\C/C=C\C/C=C\CCCC(=O)OCC(COP(=O)(O)OCC(O)COP(=O)(O)OCC(COC(=O)CCCCCCCC/C=C\C/C=C\C/C=C\C/C=C\CC)OC(=O)CCCCCCCC/C=C\C/C=C\C/C=C\CCCCC)OC(=O)CCCC/C=C\C/C=C\C/C=C\C/C=C\CC. The lowest BCUT2D eigenvalue weighted by Crippen LogP contribution is -2.30. The number of carbonyl (C=O) groups is 4. The number of esters is 4. The second kappa shape index (κ2) is 80.9. The summed E-state index contributed by atoms with van der Waals surface area (Å²) in [5.41, 5.74) is 0. The Balaban J connectivity index is 5.50. The number of unbranched alkanes of at least 4 members (excludes halogenated alkanes) is 18. The Labute approximate surface area is 666 Å². The molecule has 0 heterocycles. The molecule has 0 saturated carbocycles. The Kier molecular flexibility index (Phi) is 76.4. The fraction of sp³-hybridized carbons (Fsp3) is 0.604. The fourth-order valence-corrected chi connectivity index (χ4v) is 11.9. The maximum atomic E-state index is 13.1. The standard InChI is InChI=1S/C91H146O17P2/c1-5-9-13-17-21-25-29-33-37-40-42-45-49-52-56-60-64-68-72-76-89(94)102-82-87(108-91(96)78-74-70-66-62-58-54-50-46-43-41-38-34-30-26-22-18-14-10-6-2)84-106-110(99,100)104-80-85(92)79-103-109(97,98)105-83-86(107-90(95)77-73-69-65-61-57-53-47-36-32-28-24-20-16-12-8-4)81-101-88(93)75-71-67-63-59-55-51-48-44-39-35-31-27-23-19-15-11-7-3/h9,11-13,15-16,21-28,33-39,42-43,45-48,51,57,59,61,63,85-87,92H,5-8,10,14,17-20,29-32,40-41,44,49-50,52-56,58,60,62,64-84H2,1-4H3,(H,97,98)(H,99,100)/b13-9-,15-11-,16-12-,25-21-,26-22-,27-23-,28-24-,37-33-,38-34-,39-35-,45-42-,46-43-,47-36-,51-48-,61-57-,63-59-. The molecular weight excluding hydrogens is 1430 g/mol. The number of hydrogen-bond donors (Lipinski definition) is 3. The molecule has 5 unspecified atom stereocenters. The van der Waals surface area contributed by atoms with Crippen molar-refractivity contribution >= 4 is 39.5 Å². The predicted octanol–water partition coefficient (Wildman–Crippen LogP) is 24.9. The van der Waals surface area contributed by atoms with Crippen molar-refractivity contribution in [3.8, 4) is 0 Å². The average Bonchev–Trinajstić information content (AvgIpc) is 0.911. The maximum Gasteiger partial charge on any atom is 0.472 e. The lowest BCUT2D eigenvalue weighted by molar-refractivity contribution is -0.161. The van der Waals surface area contributed by atoms with Gasteiger partial charge < -0.3 is 33.8 Å². The molecule has 0 aromatic rings. The molecule has 0 aromatic carbocycles. The molecule has 0 aromatic heterocycles. The van der Waals surface area contributed by atoms with Crippen molar-refractivity contribution in [1.82, 2.24) is 0 Å². The largest absolute Gasteiger partial charge is 0.472 e. The van der Waals surface area contributed by atoms with Gasteiger partial charge in [-0.25, -0.2) is 9.13 Å². The van der Waals surface area contributed by atoms with Gasteiger partial charge in [-0.1, -0.05) is 286 Å². The monoisotopic (exact) mass is 1570 g/mol. The minimum Gasteiger partial charge on any atom is -0.462 e. The quantitative estimate of drug-likeness (QED) is 0.0169. The minimum atomic E-state index is -5.02. The lowest BCUT2D eigenvalue weighted by atomic mass is 10.1. The Morgan fingerprint density at radius 3 is 0.782 bits per heavy atom. The summed E-state index contributed by atoms with van der Waals surface area (Å²) < 4.78 is 68.6. The summed E-state index contributed by atoms with van der Waals surface area (Å²) in [4.78, 5) is 73.2. The highest BCUT2D eigenvalue weighted by atomic mass is 31.2. The molecule has 17 nitrogen and oxygen atoms in total. The number of rotatable bonds is 76. The molecule has 0 aliphatic rings. The second-order valence-electron chi connectivity index (χ2n) is 26.9. The summed E-state index contributed by atoms with van der Waals surface area (Å²) in [6.07, 6.45) is 99.8. The van der Waals surface area contributed by atoms with Gasteiger partial charge in [0.05, 0.1) is 26.4 Å². The molecule has 3 N–H and O–H groups in total. The van der Waals surface area contributed by atoms with Gasteiger partial charge in [-0.3, -0.25) is 37.3 Å². The van der Waals surface area contributed by atoms with Crippen LogP contribution in [0.4, 0.5) is 0 Å². The van der Waals surface area contributed by atoms with Crippen LogP contribution in [0.25, 0.3) is 0 Å². The van der Waals surface area contributed by atoms with Gasteiger partial charge in [0.2, 0.25) is 0 Å². The number of allylic oxidation sites excluding steroid dienone is 32. The summed E-state index contributed by atoms with van der Waals surface area (Å²) >= 11 is 0. The summed E-state index contributed by atoms with van der Waals surface area (Å²) in [6, 6.07) is 0. The average molecular weight is 1570 g/mol. The third kappa shape index (κ3) is 80.0. The number of phosphoric ester groups is 2. The first-order valence-electron chi connectivity index (χ1n) is 41.7. The van der Waals surface area contributed by atoms with Gasteiger partial charge in [0.25, 0.3) is 0 Å². The highest BCUT2D eigenvalue weighted by molar-refractivity contribution is 7.47. The number of aliphatic hydroxyl groups excluding tert-OH is 1. The predicted molar refractivity (Wildman–Crippen MR) is 454 cm³/mol. The van der Waals surface area contributed by atoms with E-state index in [1.807, 2.05) is 12.2 Å². The van der Waals surface area contributed by atoms with Crippen LogP contribution in [0.1, 0.15) is 297 Å². The van der Waals surface area contributed by atoms with Crippen LogP contribution in [0, 0.1) is 0 Å². The van der Waals surface area contributed by atoms with Gasteiger partial charge >= 0.3 is 39.5 Å². The van der Waals surface area contributed by atoms with Crippen LogP contribution >= 0.6 is 15.6 Å². The summed E-state index contributed by atoms with van der Waals surface area (Å²) in [7, 11) is -10.0. The molecule has 0 aliphatic carbocycles. The molecular formula is C91H146O17P2. The molecule has 5 atom stereocenters. The topological polar surface area (TPSA) is 237 Å². The van der Waals surface area contributed by atoms with Gasteiger partial charge in [-0.15, -0.1) is 0 Å². The molecule has 0 amide bonds. The van der Waals surface area contributed by atoms with Gasteiger partial charge in [0, 0.05) is 25.7 Å². The van der Waals surface area contributed by atoms with E-state index < -0.39 is 97.5 Å². The van der Waals surface area contributed by atoms with Crippen LogP contribution in [0.3, 0.4) is 0 Å². The minimum absolute atomic E-state index is 0.0224. The van der Waals surface area contributed by atoms with Gasteiger partial charge in [-0.2, -0.15) is 0 Å². The number of ether oxygens (including phenoxy) is 4. The number of hydrogen-bond acceptors (Lipinski definition) is 15. The van der Waals surface area contributed by atoms with E-state index in [9.17, 15) is 43.2 Å². The van der Waals surface area contributed by atoms with Crippen LogP contribution in [0.2, 0.25) is 0 Å². The third-order valence-electron chi connectivity index (χ3n) is 16.5. The second-order valence-corrected chi connectivity index (χ2v) is 29.8. The first-order chi connectivity index (χ1) is 53.7. The van der Waals surface area contributed by atoms with Crippen molar-refractivity contribution in [2.24, 2.45) is 0 Å². The van der Waals surface area contributed by atoms with E-state index in [1.165, 1.54) is 19.3 Å². The molecule has 0 aliphatic heterocycles. The van der Waals surface area contributed by atoms with Crippen molar-refractivity contribution in [3.63, 3.8) is 0 Å². The Morgan fingerprint density at radius 1 is 0.264 bits per heavy atom. The zero-order valence-corrected chi connectivity index (χ0v) is 69.9. The van der Waals surface area contributed by atoms with Crippen LogP contribution in [0.5, 0.6) is 0 Å². The Morgan fingerprint density at radius 2 is 0.482 bits per heavy atom. The smallest absolute Gasteiger partial charge is 0.462 e. The molecule has 110 heavy (non-hydrogen) atoms. The third-order valence-corrected chi connectivity index (χ3v) is 18.4. The highest BCUT2D eigenvalue weighted by Gasteiger charge is 2.30. The van der Waals surface area contributed by atoms with Crippen molar-refractivity contribution in [1.29, 1.82) is 0 Å². The summed E-state index contributed by atoms with van der Waals surface area (Å²) in [5, 5.41) is 10.7. The molecule has 0 fully saturated rings. The van der Waals surface area contributed by atoms with Crippen LogP contribution in [0.15, 0.2) is 194 Å². The number of phosphoric acid groups is 2. The molecule has 0 radical (unpaired) electrons. The summed E-state index contributed by atoms with van der Waals surface area (Å²) in [6.45, 7) is 4.35. The number of aliphatic hydroxyl groups is 1. The van der Waals surface area contributed by atoms with E-state index in [4.69, 9.17) is 37.0 Å². The molecule has 622 valence electrons.